The predicted molar refractivity (Wildman–Crippen MR) is 99.5 cm³/mol. The van der Waals surface area contributed by atoms with Crippen molar-refractivity contribution in [3.8, 4) is 0 Å². The summed E-state index contributed by atoms with van der Waals surface area (Å²) < 4.78 is 0. The van der Waals surface area contributed by atoms with Crippen LogP contribution < -0.4 is 10.2 Å². The molecule has 5 nitrogen and oxygen atoms in total. The number of rotatable bonds is 6. The largest absolute Gasteiger partial charge is 0.361 e. The zero-order valence-electron chi connectivity index (χ0n) is 14.2. The first kappa shape index (κ1) is 16.8. The number of anilines is 1. The first-order chi connectivity index (χ1) is 12.1. The lowest BCUT2D eigenvalue weighted by molar-refractivity contribution is -0.127. The Labute approximate surface area is 146 Å². The molecule has 0 aliphatic carbocycles. The van der Waals surface area contributed by atoms with E-state index in [2.05, 4.69) is 16.4 Å². The standard InChI is InChI=1S/C20H21N3O2/c1-23(16-7-3-2-4-8-16)20(25)13-19(24)21-12-11-15-14-22-18-10-6-5-9-17(15)18/h2-10,14,22H,11-13H2,1H3,(H,21,24). The highest BCUT2D eigenvalue weighted by molar-refractivity contribution is 6.04. The molecule has 2 amide bonds. The van der Waals surface area contributed by atoms with Crippen molar-refractivity contribution in [1.29, 1.82) is 0 Å². The van der Waals surface area contributed by atoms with Gasteiger partial charge in [-0.1, -0.05) is 36.4 Å². The van der Waals surface area contributed by atoms with E-state index in [1.807, 2.05) is 54.7 Å². The van der Waals surface area contributed by atoms with Gasteiger partial charge in [0.1, 0.15) is 6.42 Å². The third-order valence-corrected chi connectivity index (χ3v) is 4.22. The number of fused-ring (bicyclic) bond motifs is 1. The highest BCUT2D eigenvalue weighted by Crippen LogP contribution is 2.17. The zero-order valence-corrected chi connectivity index (χ0v) is 14.2. The van der Waals surface area contributed by atoms with Gasteiger partial charge in [-0.2, -0.15) is 0 Å². The van der Waals surface area contributed by atoms with Gasteiger partial charge >= 0.3 is 0 Å². The summed E-state index contributed by atoms with van der Waals surface area (Å²) >= 11 is 0. The van der Waals surface area contributed by atoms with E-state index in [0.29, 0.717) is 6.54 Å². The Morgan fingerprint density at radius 2 is 1.76 bits per heavy atom. The number of benzene rings is 2. The number of hydrogen-bond donors (Lipinski definition) is 2. The lowest BCUT2D eigenvalue weighted by Gasteiger charge is -2.17. The van der Waals surface area contributed by atoms with E-state index in [1.54, 1.807) is 7.05 Å². The maximum Gasteiger partial charge on any atom is 0.236 e. The summed E-state index contributed by atoms with van der Waals surface area (Å²) in [5.41, 5.74) is 3.02. The van der Waals surface area contributed by atoms with Crippen molar-refractivity contribution >= 4 is 28.4 Å². The van der Waals surface area contributed by atoms with Crippen LogP contribution in [-0.4, -0.2) is 30.4 Å². The summed E-state index contributed by atoms with van der Waals surface area (Å²) in [5.74, 6) is -0.483. The van der Waals surface area contributed by atoms with Gasteiger partial charge < -0.3 is 15.2 Å². The molecule has 2 aromatic carbocycles. The van der Waals surface area contributed by atoms with Crippen molar-refractivity contribution in [3.63, 3.8) is 0 Å². The fraction of sp³-hybridized carbons (Fsp3) is 0.200. The number of para-hydroxylation sites is 2. The van der Waals surface area contributed by atoms with E-state index >= 15 is 0 Å². The molecular weight excluding hydrogens is 314 g/mol. The third kappa shape index (κ3) is 4.07. The second-order valence-electron chi connectivity index (χ2n) is 5.92. The summed E-state index contributed by atoms with van der Waals surface area (Å²) in [6.45, 7) is 0.503. The molecule has 3 rings (SSSR count). The van der Waals surface area contributed by atoms with Crippen LogP contribution in [0.5, 0.6) is 0 Å². The second-order valence-corrected chi connectivity index (χ2v) is 5.92. The van der Waals surface area contributed by atoms with E-state index in [9.17, 15) is 9.59 Å². The van der Waals surface area contributed by atoms with Gasteiger partial charge in [0.25, 0.3) is 0 Å². The molecule has 0 aliphatic heterocycles. The molecular formula is C20H21N3O2. The van der Waals surface area contributed by atoms with E-state index < -0.39 is 0 Å². The number of aromatic amines is 1. The number of carbonyl (C=O) groups is 2. The van der Waals surface area contributed by atoms with Gasteiger partial charge in [0.2, 0.25) is 11.8 Å². The van der Waals surface area contributed by atoms with Crippen molar-refractivity contribution in [1.82, 2.24) is 10.3 Å². The summed E-state index contributed by atoms with van der Waals surface area (Å²) in [6.07, 6.45) is 2.53. The molecule has 2 N–H and O–H groups in total. The Bertz CT molecular complexity index is 871. The van der Waals surface area contributed by atoms with Crippen LogP contribution in [0.4, 0.5) is 5.69 Å². The highest BCUT2D eigenvalue weighted by atomic mass is 16.2. The zero-order chi connectivity index (χ0) is 17.6. The summed E-state index contributed by atoms with van der Waals surface area (Å²) in [4.78, 5) is 28.9. The number of hydrogen-bond acceptors (Lipinski definition) is 2. The minimum atomic E-state index is -0.257. The fourth-order valence-electron chi connectivity index (χ4n) is 2.79. The van der Waals surface area contributed by atoms with Crippen LogP contribution in [0, 0.1) is 0 Å². The minimum Gasteiger partial charge on any atom is -0.361 e. The van der Waals surface area contributed by atoms with Gasteiger partial charge in [0, 0.05) is 36.4 Å². The van der Waals surface area contributed by atoms with Crippen molar-refractivity contribution in [3.05, 3.63) is 66.4 Å². The maximum absolute atomic E-state index is 12.2. The fourth-order valence-corrected chi connectivity index (χ4v) is 2.79. The molecule has 128 valence electrons. The number of carbonyl (C=O) groups excluding carboxylic acids is 2. The van der Waals surface area contributed by atoms with Crippen LogP contribution in [0.2, 0.25) is 0 Å². The molecule has 0 unspecified atom stereocenters. The molecule has 0 bridgehead atoms. The Morgan fingerprint density at radius 1 is 1.04 bits per heavy atom. The van der Waals surface area contributed by atoms with Gasteiger partial charge in [0.15, 0.2) is 0 Å². The first-order valence-electron chi connectivity index (χ1n) is 8.28. The molecule has 5 heteroatoms. The molecule has 0 fully saturated rings. The average molecular weight is 335 g/mol. The smallest absolute Gasteiger partial charge is 0.236 e. The molecule has 1 aromatic heterocycles. The molecule has 1 heterocycles. The van der Waals surface area contributed by atoms with Crippen molar-refractivity contribution in [2.45, 2.75) is 12.8 Å². The Hall–Kier alpha value is -3.08. The average Bonchev–Trinajstić information content (AvgIpc) is 3.05. The molecule has 3 aromatic rings. The Kier molecular flexibility index (Phi) is 5.14. The van der Waals surface area contributed by atoms with Crippen LogP contribution >= 0.6 is 0 Å². The van der Waals surface area contributed by atoms with Crippen LogP contribution in [0.3, 0.4) is 0 Å². The van der Waals surface area contributed by atoms with Crippen molar-refractivity contribution in [2.75, 3.05) is 18.5 Å². The van der Waals surface area contributed by atoms with E-state index in [-0.39, 0.29) is 18.2 Å². The molecule has 0 saturated carbocycles. The number of amides is 2. The monoisotopic (exact) mass is 335 g/mol. The van der Waals surface area contributed by atoms with E-state index in [0.717, 1.165) is 28.6 Å². The van der Waals surface area contributed by atoms with Crippen LogP contribution in [0.1, 0.15) is 12.0 Å². The summed E-state index contributed by atoms with van der Waals surface area (Å²) in [5, 5.41) is 3.99. The third-order valence-electron chi connectivity index (χ3n) is 4.22. The Balaban J connectivity index is 1.49. The van der Waals surface area contributed by atoms with Gasteiger partial charge in [0.05, 0.1) is 0 Å². The van der Waals surface area contributed by atoms with E-state index in [4.69, 9.17) is 0 Å². The SMILES string of the molecule is CN(C(=O)CC(=O)NCCc1c[nH]c2ccccc12)c1ccccc1. The van der Waals surface area contributed by atoms with Crippen LogP contribution in [-0.2, 0) is 16.0 Å². The molecule has 0 saturated heterocycles. The lowest BCUT2D eigenvalue weighted by Crippen LogP contribution is -2.34. The van der Waals surface area contributed by atoms with Crippen LogP contribution in [0.15, 0.2) is 60.8 Å². The quantitative estimate of drug-likeness (QED) is 0.680. The van der Waals surface area contributed by atoms with Crippen molar-refractivity contribution < 1.29 is 9.59 Å². The number of aromatic nitrogens is 1. The predicted octanol–water partition coefficient (Wildman–Crippen LogP) is 2.88. The number of H-pyrrole nitrogens is 1. The van der Waals surface area contributed by atoms with Crippen LogP contribution in [0.25, 0.3) is 10.9 Å². The Morgan fingerprint density at radius 3 is 2.56 bits per heavy atom. The summed E-state index contributed by atoms with van der Waals surface area (Å²) in [7, 11) is 1.68. The number of nitrogens with zero attached hydrogens (tertiary/aromatic N) is 1. The molecule has 0 atom stereocenters. The van der Waals surface area contributed by atoms with Crippen molar-refractivity contribution in [2.24, 2.45) is 0 Å². The molecule has 25 heavy (non-hydrogen) atoms. The normalized spacial score (nSPS) is 10.6. The highest BCUT2D eigenvalue weighted by Gasteiger charge is 2.15. The molecule has 0 radical (unpaired) electrons. The molecule has 0 aliphatic rings. The topological polar surface area (TPSA) is 65.2 Å². The minimum absolute atomic E-state index is 0.153. The van der Waals surface area contributed by atoms with Gasteiger partial charge in [-0.3, -0.25) is 9.59 Å². The lowest BCUT2D eigenvalue weighted by atomic mass is 10.1. The maximum atomic E-state index is 12.2. The van der Waals surface area contributed by atoms with Gasteiger partial charge in [-0.05, 0) is 30.2 Å². The van der Waals surface area contributed by atoms with E-state index in [1.165, 1.54) is 4.90 Å². The summed E-state index contributed by atoms with van der Waals surface area (Å²) in [6, 6.07) is 17.4. The second kappa shape index (κ2) is 7.66. The number of nitrogens with one attached hydrogen (secondary N) is 2. The van der Waals surface area contributed by atoms with Gasteiger partial charge in [-0.25, -0.2) is 0 Å². The molecule has 0 spiro atoms. The van der Waals surface area contributed by atoms with Gasteiger partial charge in [-0.15, -0.1) is 0 Å². The first-order valence-corrected chi connectivity index (χ1v) is 8.28.